The zero-order chi connectivity index (χ0) is 15.3. The molecule has 0 atom stereocenters. The summed E-state index contributed by atoms with van der Waals surface area (Å²) in [5, 5.41) is 15.9. The number of halogens is 1. The first-order valence-electron chi connectivity index (χ1n) is 5.71. The number of aliphatic hydroxyl groups is 1. The second-order valence-corrected chi connectivity index (χ2v) is 6.25. The van der Waals surface area contributed by atoms with Gasteiger partial charge in [0.05, 0.1) is 6.61 Å². The molecule has 1 aromatic heterocycles. The first kappa shape index (κ1) is 15.4. The Balaban J connectivity index is 2.41. The maximum atomic E-state index is 13.3. The molecule has 0 aliphatic carbocycles. The summed E-state index contributed by atoms with van der Waals surface area (Å²) in [5.41, 5.74) is 1.39. The number of benzene rings is 1. The van der Waals surface area contributed by atoms with Crippen molar-refractivity contribution in [3.8, 4) is 11.8 Å². The largest absolute Gasteiger partial charge is 0.395 e. The van der Waals surface area contributed by atoms with Crippen LogP contribution in [0, 0.1) is 17.7 Å². The zero-order valence-corrected chi connectivity index (χ0v) is 12.2. The van der Waals surface area contributed by atoms with Gasteiger partial charge >= 0.3 is 0 Å². The molecule has 1 aromatic carbocycles. The van der Waals surface area contributed by atoms with E-state index in [2.05, 4.69) is 26.8 Å². The molecule has 9 heteroatoms. The van der Waals surface area contributed by atoms with E-state index in [4.69, 9.17) is 5.11 Å². The lowest BCUT2D eigenvalue weighted by atomic mass is 10.2. The summed E-state index contributed by atoms with van der Waals surface area (Å²) in [6, 6.07) is 3.19. The van der Waals surface area contributed by atoms with E-state index in [0.717, 1.165) is 29.5 Å². The standard InChI is InChI=1S/C12H10FN3O3S2/c13-10-4-5-11(9(7-10)3-1-2-6-17)21(18,19)16-12-15-14-8-20-12/h4-5,7-8,17H,2,6H2,(H,15,16). The molecule has 2 rings (SSSR count). The van der Waals surface area contributed by atoms with Crippen molar-refractivity contribution in [1.29, 1.82) is 0 Å². The Labute approximate surface area is 124 Å². The molecule has 0 aliphatic rings. The van der Waals surface area contributed by atoms with E-state index in [0.29, 0.717) is 0 Å². The lowest BCUT2D eigenvalue weighted by Gasteiger charge is -2.07. The average Bonchev–Trinajstić information content (AvgIpc) is 2.91. The number of sulfonamides is 1. The molecule has 1 heterocycles. The van der Waals surface area contributed by atoms with Crippen LogP contribution in [0.4, 0.5) is 9.52 Å². The van der Waals surface area contributed by atoms with Gasteiger partial charge in [0, 0.05) is 12.0 Å². The van der Waals surface area contributed by atoms with Crippen LogP contribution in [-0.2, 0) is 10.0 Å². The van der Waals surface area contributed by atoms with Crippen LogP contribution < -0.4 is 4.72 Å². The Morgan fingerprint density at radius 2 is 2.24 bits per heavy atom. The molecule has 0 saturated carbocycles. The maximum absolute atomic E-state index is 13.3. The number of nitrogens with zero attached hydrogens (tertiary/aromatic N) is 2. The van der Waals surface area contributed by atoms with E-state index < -0.39 is 15.8 Å². The van der Waals surface area contributed by atoms with Crippen molar-refractivity contribution in [3.05, 3.63) is 35.1 Å². The summed E-state index contributed by atoms with van der Waals surface area (Å²) >= 11 is 1.02. The normalized spacial score (nSPS) is 10.8. The third kappa shape index (κ3) is 3.98. The van der Waals surface area contributed by atoms with Crippen LogP contribution in [0.15, 0.2) is 28.6 Å². The minimum absolute atomic E-state index is 0.0143. The number of aromatic nitrogens is 2. The highest BCUT2D eigenvalue weighted by atomic mass is 32.2. The van der Waals surface area contributed by atoms with Crippen molar-refractivity contribution >= 4 is 26.5 Å². The lowest BCUT2D eigenvalue weighted by molar-refractivity contribution is 0.305. The third-order valence-electron chi connectivity index (χ3n) is 2.27. The number of rotatable bonds is 4. The summed E-state index contributed by atoms with van der Waals surface area (Å²) < 4.78 is 40.0. The maximum Gasteiger partial charge on any atom is 0.264 e. The molecule has 0 radical (unpaired) electrons. The van der Waals surface area contributed by atoms with Crippen molar-refractivity contribution in [2.45, 2.75) is 11.3 Å². The van der Waals surface area contributed by atoms with Gasteiger partial charge in [0.2, 0.25) is 5.13 Å². The summed E-state index contributed by atoms with van der Waals surface area (Å²) in [4.78, 5) is -0.162. The van der Waals surface area contributed by atoms with Gasteiger partial charge in [-0.2, -0.15) is 0 Å². The van der Waals surface area contributed by atoms with Gasteiger partial charge in [0.1, 0.15) is 16.2 Å². The Hall–Kier alpha value is -2.02. The van der Waals surface area contributed by atoms with Crippen LogP contribution in [0.2, 0.25) is 0 Å². The van der Waals surface area contributed by atoms with Gasteiger partial charge in [0.25, 0.3) is 10.0 Å². The highest BCUT2D eigenvalue weighted by molar-refractivity contribution is 7.93. The molecular weight excluding hydrogens is 317 g/mol. The van der Waals surface area contributed by atoms with E-state index in [1.807, 2.05) is 0 Å². The topological polar surface area (TPSA) is 92.2 Å². The summed E-state index contributed by atoms with van der Waals surface area (Å²) in [7, 11) is -3.94. The van der Waals surface area contributed by atoms with Gasteiger partial charge in [-0.15, -0.1) is 10.2 Å². The fourth-order valence-electron chi connectivity index (χ4n) is 1.44. The Bertz CT molecular complexity index is 780. The molecule has 0 spiro atoms. The molecule has 0 fully saturated rings. The van der Waals surface area contributed by atoms with Gasteiger partial charge in [-0.1, -0.05) is 23.2 Å². The van der Waals surface area contributed by atoms with Crippen LogP contribution >= 0.6 is 11.3 Å². The Kier molecular flexibility index (Phi) is 4.85. The molecule has 6 nitrogen and oxygen atoms in total. The van der Waals surface area contributed by atoms with Crippen molar-refractivity contribution in [2.24, 2.45) is 0 Å². The molecule has 110 valence electrons. The van der Waals surface area contributed by atoms with E-state index >= 15 is 0 Å². The highest BCUT2D eigenvalue weighted by Crippen LogP contribution is 2.20. The molecule has 21 heavy (non-hydrogen) atoms. The van der Waals surface area contributed by atoms with Gasteiger partial charge < -0.3 is 5.11 Å². The molecule has 0 unspecified atom stereocenters. The van der Waals surface area contributed by atoms with Gasteiger partial charge in [-0.05, 0) is 18.2 Å². The summed E-state index contributed by atoms with van der Waals surface area (Å²) in [6.45, 7) is -0.159. The first-order valence-corrected chi connectivity index (χ1v) is 8.07. The van der Waals surface area contributed by atoms with E-state index in [-0.39, 0.29) is 28.6 Å². The number of hydrogen-bond donors (Lipinski definition) is 2. The number of nitrogens with one attached hydrogen (secondary N) is 1. The van der Waals surface area contributed by atoms with Crippen molar-refractivity contribution in [2.75, 3.05) is 11.3 Å². The monoisotopic (exact) mass is 327 g/mol. The highest BCUT2D eigenvalue weighted by Gasteiger charge is 2.19. The van der Waals surface area contributed by atoms with Crippen LogP contribution in [0.3, 0.4) is 0 Å². The van der Waals surface area contributed by atoms with Crippen molar-refractivity contribution < 1.29 is 17.9 Å². The minimum atomic E-state index is -3.94. The minimum Gasteiger partial charge on any atom is -0.395 e. The van der Waals surface area contributed by atoms with Gasteiger partial charge in [0.15, 0.2) is 0 Å². The SMILES string of the molecule is O=S(=O)(Nc1nncs1)c1ccc(F)cc1C#CCCO. The third-order valence-corrected chi connectivity index (χ3v) is 4.41. The predicted molar refractivity (Wildman–Crippen MR) is 75.7 cm³/mol. The second kappa shape index (κ2) is 6.62. The van der Waals surface area contributed by atoms with Crippen molar-refractivity contribution in [3.63, 3.8) is 0 Å². The lowest BCUT2D eigenvalue weighted by Crippen LogP contribution is -2.14. The second-order valence-electron chi connectivity index (χ2n) is 3.77. The molecule has 0 aliphatic heterocycles. The Morgan fingerprint density at radius 3 is 2.90 bits per heavy atom. The van der Waals surface area contributed by atoms with Gasteiger partial charge in [-0.3, -0.25) is 4.72 Å². The first-order chi connectivity index (χ1) is 10.0. The predicted octanol–water partition coefficient (Wildman–Crippen LogP) is 1.21. The molecule has 0 amide bonds. The summed E-state index contributed by atoms with van der Waals surface area (Å²) in [6.07, 6.45) is 0.166. The van der Waals surface area contributed by atoms with E-state index in [9.17, 15) is 12.8 Å². The average molecular weight is 327 g/mol. The molecular formula is C12H10FN3O3S2. The quantitative estimate of drug-likeness (QED) is 0.824. The van der Waals surface area contributed by atoms with Crippen LogP contribution in [-0.4, -0.2) is 30.3 Å². The van der Waals surface area contributed by atoms with E-state index in [1.165, 1.54) is 5.51 Å². The molecule has 0 saturated heterocycles. The molecule has 0 bridgehead atoms. The Morgan fingerprint density at radius 1 is 1.43 bits per heavy atom. The van der Waals surface area contributed by atoms with Crippen LogP contribution in [0.25, 0.3) is 0 Å². The molecule has 2 N–H and O–H groups in total. The van der Waals surface area contributed by atoms with E-state index in [1.54, 1.807) is 0 Å². The smallest absolute Gasteiger partial charge is 0.264 e. The zero-order valence-electron chi connectivity index (χ0n) is 10.6. The number of aliphatic hydroxyl groups excluding tert-OH is 1. The number of hydrogen-bond acceptors (Lipinski definition) is 6. The van der Waals surface area contributed by atoms with Crippen molar-refractivity contribution in [1.82, 2.24) is 10.2 Å². The van der Waals surface area contributed by atoms with Crippen LogP contribution in [0.1, 0.15) is 12.0 Å². The molecule has 2 aromatic rings. The summed E-state index contributed by atoms with van der Waals surface area (Å²) in [5.74, 6) is 4.51. The van der Waals surface area contributed by atoms with Gasteiger partial charge in [-0.25, -0.2) is 12.8 Å². The fraction of sp³-hybridized carbons (Fsp3) is 0.167. The number of anilines is 1. The van der Waals surface area contributed by atoms with Crippen LogP contribution in [0.5, 0.6) is 0 Å². The fourth-order valence-corrected chi connectivity index (χ4v) is 3.27.